The van der Waals surface area contributed by atoms with Gasteiger partial charge in [0.25, 0.3) is 0 Å². The van der Waals surface area contributed by atoms with Crippen molar-refractivity contribution in [3.8, 4) is 34.3 Å². The van der Waals surface area contributed by atoms with Crippen LogP contribution >= 0.6 is 0 Å². The standard InChI is InChI=1S/C22H24N2O7/c1-24-12-16(13-6-8-15(28-2)9-7-13)23-20(24)22(27,21(25)26)14-10-17(29-3)19(31-5)18(11-14)30-4/h6-12,27H,1-5H3,(H,25,26). The Morgan fingerprint density at radius 3 is 2.00 bits per heavy atom. The van der Waals surface area contributed by atoms with Gasteiger partial charge in [0.05, 0.1) is 34.1 Å². The van der Waals surface area contributed by atoms with Gasteiger partial charge in [0.2, 0.25) is 11.4 Å². The van der Waals surface area contributed by atoms with E-state index < -0.39 is 11.6 Å². The van der Waals surface area contributed by atoms with Gasteiger partial charge in [0.1, 0.15) is 5.75 Å². The number of carbonyl (C=O) groups is 1. The molecule has 9 nitrogen and oxygen atoms in total. The quantitative estimate of drug-likeness (QED) is 0.563. The summed E-state index contributed by atoms with van der Waals surface area (Å²) >= 11 is 0. The van der Waals surface area contributed by atoms with E-state index in [0.29, 0.717) is 11.4 Å². The second kappa shape index (κ2) is 8.57. The molecule has 0 fully saturated rings. The molecular weight excluding hydrogens is 404 g/mol. The van der Waals surface area contributed by atoms with Gasteiger partial charge in [0.15, 0.2) is 17.3 Å². The Morgan fingerprint density at radius 2 is 1.55 bits per heavy atom. The maximum Gasteiger partial charge on any atom is 0.348 e. The second-order valence-corrected chi connectivity index (χ2v) is 6.72. The third kappa shape index (κ3) is 3.75. The van der Waals surface area contributed by atoms with E-state index in [4.69, 9.17) is 18.9 Å². The van der Waals surface area contributed by atoms with E-state index in [1.165, 1.54) is 38.0 Å². The molecule has 2 N–H and O–H groups in total. The summed E-state index contributed by atoms with van der Waals surface area (Å²) in [7, 11) is 7.43. The minimum atomic E-state index is -2.48. The fraction of sp³-hybridized carbons (Fsp3) is 0.273. The smallest absolute Gasteiger partial charge is 0.348 e. The van der Waals surface area contributed by atoms with Crippen molar-refractivity contribution in [1.82, 2.24) is 9.55 Å². The Morgan fingerprint density at radius 1 is 0.968 bits per heavy atom. The van der Waals surface area contributed by atoms with E-state index in [0.717, 1.165) is 5.56 Å². The van der Waals surface area contributed by atoms with Crippen LogP contribution in [0.4, 0.5) is 0 Å². The molecule has 3 aromatic rings. The number of imidazole rings is 1. The number of nitrogens with zero attached hydrogens (tertiary/aromatic N) is 2. The number of aliphatic carboxylic acids is 1. The molecule has 0 saturated heterocycles. The van der Waals surface area contributed by atoms with Gasteiger partial charge in [-0.3, -0.25) is 0 Å². The van der Waals surface area contributed by atoms with Crippen LogP contribution in [0, 0.1) is 0 Å². The molecule has 0 aliphatic heterocycles. The normalized spacial score (nSPS) is 12.7. The van der Waals surface area contributed by atoms with Crippen molar-refractivity contribution in [2.45, 2.75) is 5.60 Å². The lowest BCUT2D eigenvalue weighted by Crippen LogP contribution is -2.39. The number of hydrogen-bond donors (Lipinski definition) is 2. The van der Waals surface area contributed by atoms with Crippen molar-refractivity contribution < 1.29 is 34.0 Å². The summed E-state index contributed by atoms with van der Waals surface area (Å²) in [6, 6.07) is 9.90. The highest BCUT2D eigenvalue weighted by atomic mass is 16.5. The number of aromatic nitrogens is 2. The van der Waals surface area contributed by atoms with Crippen molar-refractivity contribution in [3.05, 3.63) is 54.0 Å². The van der Waals surface area contributed by atoms with E-state index >= 15 is 0 Å². The summed E-state index contributed by atoms with van der Waals surface area (Å²) < 4.78 is 22.5. The summed E-state index contributed by atoms with van der Waals surface area (Å²) in [6.07, 6.45) is 1.64. The number of hydrogen-bond acceptors (Lipinski definition) is 7. The van der Waals surface area contributed by atoms with Crippen molar-refractivity contribution >= 4 is 5.97 Å². The number of benzene rings is 2. The first-order chi connectivity index (χ1) is 14.8. The van der Waals surface area contributed by atoms with Crippen molar-refractivity contribution in [2.24, 2.45) is 7.05 Å². The summed E-state index contributed by atoms with van der Waals surface area (Å²) in [5.74, 6) is -0.210. The number of carboxylic acid groups (broad SMARTS) is 1. The first-order valence-corrected chi connectivity index (χ1v) is 9.24. The largest absolute Gasteiger partial charge is 0.497 e. The maximum atomic E-state index is 12.3. The molecule has 0 aliphatic rings. The summed E-state index contributed by atoms with van der Waals surface area (Å²) in [5, 5.41) is 21.4. The summed E-state index contributed by atoms with van der Waals surface area (Å²) in [4.78, 5) is 16.8. The van der Waals surface area contributed by atoms with Crippen LogP contribution in [0.1, 0.15) is 11.4 Å². The molecule has 1 heterocycles. The Bertz CT molecular complexity index is 1070. The number of aliphatic hydroxyl groups is 1. The molecule has 3 rings (SSSR count). The molecule has 0 bridgehead atoms. The molecule has 164 valence electrons. The van der Waals surface area contributed by atoms with Crippen LogP contribution < -0.4 is 18.9 Å². The highest BCUT2D eigenvalue weighted by Crippen LogP contribution is 2.43. The molecular formula is C22H24N2O7. The number of aryl methyl sites for hydroxylation is 1. The molecule has 0 aliphatic carbocycles. The lowest BCUT2D eigenvalue weighted by Gasteiger charge is -2.25. The van der Waals surface area contributed by atoms with Crippen LogP contribution in [0.25, 0.3) is 11.3 Å². The topological polar surface area (TPSA) is 112 Å². The zero-order valence-corrected chi connectivity index (χ0v) is 17.9. The molecule has 1 atom stereocenters. The molecule has 31 heavy (non-hydrogen) atoms. The molecule has 0 radical (unpaired) electrons. The van der Waals surface area contributed by atoms with Gasteiger partial charge in [-0.1, -0.05) is 0 Å². The minimum absolute atomic E-state index is 0.00415. The molecule has 0 saturated carbocycles. The third-order valence-electron chi connectivity index (χ3n) is 4.98. The van der Waals surface area contributed by atoms with Gasteiger partial charge in [-0.05, 0) is 36.4 Å². The molecule has 9 heteroatoms. The Labute approximate surface area is 179 Å². The van der Waals surface area contributed by atoms with Gasteiger partial charge in [-0.2, -0.15) is 0 Å². The Hall–Kier alpha value is -3.72. The van der Waals surface area contributed by atoms with Crippen LogP contribution in [0.5, 0.6) is 23.0 Å². The zero-order chi connectivity index (χ0) is 22.8. The maximum absolute atomic E-state index is 12.3. The summed E-state index contributed by atoms with van der Waals surface area (Å²) in [5.41, 5.74) is -1.25. The van der Waals surface area contributed by atoms with Crippen molar-refractivity contribution in [2.75, 3.05) is 28.4 Å². The van der Waals surface area contributed by atoms with E-state index in [9.17, 15) is 15.0 Å². The van der Waals surface area contributed by atoms with Crippen molar-refractivity contribution in [3.63, 3.8) is 0 Å². The van der Waals surface area contributed by atoms with E-state index in [2.05, 4.69) is 4.98 Å². The lowest BCUT2D eigenvalue weighted by molar-refractivity contribution is -0.156. The lowest BCUT2D eigenvalue weighted by atomic mass is 9.92. The average Bonchev–Trinajstić information content (AvgIpc) is 3.19. The van der Waals surface area contributed by atoms with Gasteiger partial charge in [-0.25, -0.2) is 9.78 Å². The van der Waals surface area contributed by atoms with E-state index in [1.807, 2.05) is 0 Å². The minimum Gasteiger partial charge on any atom is -0.497 e. The van der Waals surface area contributed by atoms with E-state index in [1.54, 1.807) is 44.6 Å². The first kappa shape index (κ1) is 22.0. The van der Waals surface area contributed by atoms with E-state index in [-0.39, 0.29) is 28.6 Å². The number of ether oxygens (including phenoxy) is 4. The highest BCUT2D eigenvalue weighted by molar-refractivity contribution is 5.83. The Balaban J connectivity index is 2.18. The van der Waals surface area contributed by atoms with Crippen LogP contribution in [-0.2, 0) is 17.4 Å². The second-order valence-electron chi connectivity index (χ2n) is 6.72. The van der Waals surface area contributed by atoms with Gasteiger partial charge in [-0.15, -0.1) is 0 Å². The fourth-order valence-electron chi connectivity index (χ4n) is 3.34. The predicted octanol–water partition coefficient (Wildman–Crippen LogP) is 2.44. The molecule has 2 aromatic carbocycles. The third-order valence-corrected chi connectivity index (χ3v) is 4.98. The molecule has 0 amide bonds. The highest BCUT2D eigenvalue weighted by Gasteiger charge is 2.45. The predicted molar refractivity (Wildman–Crippen MR) is 112 cm³/mol. The van der Waals surface area contributed by atoms with Gasteiger partial charge < -0.3 is 33.7 Å². The molecule has 1 unspecified atom stereocenters. The number of rotatable bonds is 8. The Kier molecular flexibility index (Phi) is 6.07. The van der Waals surface area contributed by atoms with Crippen molar-refractivity contribution in [1.29, 1.82) is 0 Å². The SMILES string of the molecule is COc1ccc(-c2cn(C)c(C(O)(C(=O)O)c3cc(OC)c(OC)c(OC)c3)n2)cc1. The van der Waals surface area contributed by atoms with Gasteiger partial charge in [0, 0.05) is 24.4 Å². The van der Waals surface area contributed by atoms with Gasteiger partial charge >= 0.3 is 5.97 Å². The number of methoxy groups -OCH3 is 4. The summed E-state index contributed by atoms with van der Waals surface area (Å²) in [6.45, 7) is 0. The number of carboxylic acids is 1. The molecule has 0 spiro atoms. The molecule has 1 aromatic heterocycles. The average molecular weight is 428 g/mol. The fourth-order valence-corrected chi connectivity index (χ4v) is 3.34. The van der Waals surface area contributed by atoms with Crippen LogP contribution in [0.15, 0.2) is 42.6 Å². The zero-order valence-electron chi connectivity index (χ0n) is 17.9. The van der Waals surface area contributed by atoms with Crippen LogP contribution in [0.3, 0.4) is 0 Å². The van der Waals surface area contributed by atoms with Crippen LogP contribution in [0.2, 0.25) is 0 Å². The van der Waals surface area contributed by atoms with Crippen LogP contribution in [-0.4, -0.2) is 54.2 Å². The monoisotopic (exact) mass is 428 g/mol. The first-order valence-electron chi connectivity index (χ1n) is 9.24.